The number of ketones is 1. The van der Waals surface area contributed by atoms with Gasteiger partial charge in [0, 0.05) is 11.3 Å². The molecule has 1 saturated heterocycles. The highest BCUT2D eigenvalue weighted by atomic mass is 16.5. The predicted molar refractivity (Wildman–Crippen MR) is 127 cm³/mol. The molecule has 0 bridgehead atoms. The van der Waals surface area contributed by atoms with Crippen LogP contribution < -0.4 is 14.4 Å². The molecule has 0 aliphatic carbocycles. The molecule has 0 aromatic heterocycles. The van der Waals surface area contributed by atoms with Crippen molar-refractivity contribution in [3.05, 3.63) is 94.6 Å². The molecule has 6 heteroatoms. The van der Waals surface area contributed by atoms with Gasteiger partial charge in [0.05, 0.1) is 25.8 Å². The van der Waals surface area contributed by atoms with E-state index in [2.05, 4.69) is 0 Å². The Labute approximate surface area is 192 Å². The number of rotatable bonds is 5. The number of carbonyl (C=O) groups is 2. The summed E-state index contributed by atoms with van der Waals surface area (Å²) in [5, 5.41) is 11.2. The summed E-state index contributed by atoms with van der Waals surface area (Å²) in [7, 11) is 3.09. The van der Waals surface area contributed by atoms with Crippen LogP contribution in [0, 0.1) is 13.8 Å². The number of Topliss-reactive ketones (excluding diaryl/α,β-unsaturated/α-hetero) is 1. The smallest absolute Gasteiger partial charge is 0.300 e. The molecule has 1 N–H and O–H groups in total. The zero-order valence-electron chi connectivity index (χ0n) is 19.0. The molecule has 4 rings (SSSR count). The molecular weight excluding hydrogens is 418 g/mol. The van der Waals surface area contributed by atoms with E-state index in [-0.39, 0.29) is 11.3 Å². The Kier molecular flexibility index (Phi) is 5.92. The second kappa shape index (κ2) is 8.82. The average molecular weight is 443 g/mol. The first-order valence-corrected chi connectivity index (χ1v) is 10.5. The van der Waals surface area contributed by atoms with E-state index >= 15 is 0 Å². The lowest BCUT2D eigenvalue weighted by molar-refractivity contribution is -0.132. The summed E-state index contributed by atoms with van der Waals surface area (Å²) in [4.78, 5) is 28.1. The fourth-order valence-corrected chi connectivity index (χ4v) is 4.09. The van der Waals surface area contributed by atoms with Crippen LogP contribution in [0.3, 0.4) is 0 Å². The summed E-state index contributed by atoms with van der Waals surface area (Å²) in [6.07, 6.45) is 0. The zero-order valence-corrected chi connectivity index (χ0v) is 19.0. The molecule has 0 saturated carbocycles. The standard InChI is InChI=1S/C27H25NO5/c1-16-8-9-17(2)22(14-16)28-24(18-10-12-20(32-3)13-11-18)23(26(30)27(28)31)25(29)19-6-5-7-21(15-19)33-4/h5-15,24,29H,1-4H3/b25-23+. The van der Waals surface area contributed by atoms with E-state index in [9.17, 15) is 14.7 Å². The number of ether oxygens (including phenoxy) is 2. The van der Waals surface area contributed by atoms with Gasteiger partial charge in [0.2, 0.25) is 0 Å². The van der Waals surface area contributed by atoms with Gasteiger partial charge in [-0.1, -0.05) is 36.4 Å². The van der Waals surface area contributed by atoms with Crippen LogP contribution in [0.5, 0.6) is 11.5 Å². The SMILES string of the molecule is COc1ccc(C2/C(=C(\O)c3cccc(OC)c3)C(=O)C(=O)N2c2cc(C)ccc2C)cc1. The Hall–Kier alpha value is -4.06. The van der Waals surface area contributed by atoms with Crippen LogP contribution >= 0.6 is 0 Å². The lowest BCUT2D eigenvalue weighted by atomic mass is 9.94. The van der Waals surface area contributed by atoms with Crippen molar-refractivity contribution in [2.75, 3.05) is 19.1 Å². The van der Waals surface area contributed by atoms with E-state index in [1.165, 1.54) is 12.0 Å². The Morgan fingerprint density at radius 3 is 2.24 bits per heavy atom. The summed E-state index contributed by atoms with van der Waals surface area (Å²) < 4.78 is 10.5. The minimum atomic E-state index is -0.803. The second-order valence-electron chi connectivity index (χ2n) is 7.96. The number of benzene rings is 3. The van der Waals surface area contributed by atoms with E-state index in [0.29, 0.717) is 28.3 Å². The van der Waals surface area contributed by atoms with Gasteiger partial charge in [-0.25, -0.2) is 0 Å². The zero-order chi connectivity index (χ0) is 23.7. The van der Waals surface area contributed by atoms with Crippen LogP contribution in [0.25, 0.3) is 5.76 Å². The predicted octanol–water partition coefficient (Wildman–Crippen LogP) is 4.95. The second-order valence-corrected chi connectivity index (χ2v) is 7.96. The Morgan fingerprint density at radius 2 is 1.58 bits per heavy atom. The van der Waals surface area contributed by atoms with Crippen LogP contribution in [0.1, 0.15) is 28.3 Å². The third-order valence-corrected chi connectivity index (χ3v) is 5.84. The molecule has 0 radical (unpaired) electrons. The van der Waals surface area contributed by atoms with E-state index in [4.69, 9.17) is 9.47 Å². The fourth-order valence-electron chi connectivity index (χ4n) is 4.09. The van der Waals surface area contributed by atoms with Crippen molar-refractivity contribution in [3.8, 4) is 11.5 Å². The molecule has 33 heavy (non-hydrogen) atoms. The topological polar surface area (TPSA) is 76.1 Å². The summed E-state index contributed by atoms with van der Waals surface area (Å²) >= 11 is 0. The quantitative estimate of drug-likeness (QED) is 0.343. The summed E-state index contributed by atoms with van der Waals surface area (Å²) in [6.45, 7) is 3.82. The third kappa shape index (κ3) is 3.96. The molecule has 3 aromatic carbocycles. The van der Waals surface area contributed by atoms with Crippen molar-refractivity contribution in [1.82, 2.24) is 0 Å². The lowest BCUT2D eigenvalue weighted by Gasteiger charge is -2.27. The van der Waals surface area contributed by atoms with Crippen molar-refractivity contribution < 1.29 is 24.2 Å². The highest BCUT2D eigenvalue weighted by Gasteiger charge is 2.47. The number of aliphatic hydroxyl groups excluding tert-OH is 1. The largest absolute Gasteiger partial charge is 0.507 e. The molecule has 1 aliphatic heterocycles. The van der Waals surface area contributed by atoms with Crippen LogP contribution in [0.4, 0.5) is 5.69 Å². The summed E-state index contributed by atoms with van der Waals surface area (Å²) in [5.41, 5.74) is 3.54. The Morgan fingerprint density at radius 1 is 0.879 bits per heavy atom. The molecule has 1 aliphatic rings. The van der Waals surface area contributed by atoms with Crippen molar-refractivity contribution in [2.45, 2.75) is 19.9 Å². The molecule has 1 fully saturated rings. The van der Waals surface area contributed by atoms with Crippen LogP contribution in [-0.2, 0) is 9.59 Å². The van der Waals surface area contributed by atoms with Crippen molar-refractivity contribution in [2.24, 2.45) is 0 Å². The molecule has 168 valence electrons. The van der Waals surface area contributed by atoms with Gasteiger partial charge < -0.3 is 14.6 Å². The number of methoxy groups -OCH3 is 2. The maximum Gasteiger partial charge on any atom is 0.300 e. The normalized spacial score (nSPS) is 17.3. The number of hydrogen-bond acceptors (Lipinski definition) is 5. The highest BCUT2D eigenvalue weighted by Crippen LogP contribution is 2.43. The number of amides is 1. The van der Waals surface area contributed by atoms with Crippen molar-refractivity contribution in [1.29, 1.82) is 0 Å². The van der Waals surface area contributed by atoms with Gasteiger partial charge in [0.1, 0.15) is 17.3 Å². The minimum Gasteiger partial charge on any atom is -0.507 e. The maximum absolute atomic E-state index is 13.3. The Bertz CT molecular complexity index is 1260. The number of aryl methyl sites for hydroxylation is 2. The van der Waals surface area contributed by atoms with Gasteiger partial charge in [-0.05, 0) is 60.9 Å². The van der Waals surface area contributed by atoms with Crippen molar-refractivity contribution >= 4 is 23.1 Å². The molecule has 0 spiro atoms. The maximum atomic E-state index is 13.3. The first-order valence-electron chi connectivity index (χ1n) is 10.5. The van der Waals surface area contributed by atoms with Crippen LogP contribution in [0.15, 0.2) is 72.3 Å². The molecule has 1 amide bonds. The molecule has 3 aromatic rings. The third-order valence-electron chi connectivity index (χ3n) is 5.84. The first-order chi connectivity index (χ1) is 15.8. The van der Waals surface area contributed by atoms with Gasteiger partial charge in [-0.15, -0.1) is 0 Å². The average Bonchev–Trinajstić information content (AvgIpc) is 3.10. The van der Waals surface area contributed by atoms with E-state index in [0.717, 1.165) is 11.1 Å². The van der Waals surface area contributed by atoms with Gasteiger partial charge in [0.25, 0.3) is 11.7 Å². The number of aliphatic hydroxyl groups is 1. The summed E-state index contributed by atoms with van der Waals surface area (Å²) in [6, 6.07) is 18.8. The van der Waals surface area contributed by atoms with E-state index < -0.39 is 17.7 Å². The van der Waals surface area contributed by atoms with Gasteiger partial charge in [-0.2, -0.15) is 0 Å². The highest BCUT2D eigenvalue weighted by molar-refractivity contribution is 6.51. The molecule has 1 atom stereocenters. The first kappa shape index (κ1) is 22.1. The molecule has 1 unspecified atom stereocenters. The van der Waals surface area contributed by atoms with Gasteiger partial charge in [-0.3, -0.25) is 14.5 Å². The van der Waals surface area contributed by atoms with Gasteiger partial charge >= 0.3 is 0 Å². The lowest BCUT2D eigenvalue weighted by Crippen LogP contribution is -2.30. The fraction of sp³-hybridized carbons (Fsp3) is 0.185. The number of nitrogens with zero attached hydrogens (tertiary/aromatic N) is 1. The number of carbonyl (C=O) groups excluding carboxylic acids is 2. The van der Waals surface area contributed by atoms with Crippen molar-refractivity contribution in [3.63, 3.8) is 0 Å². The van der Waals surface area contributed by atoms with Crippen LogP contribution in [-0.4, -0.2) is 31.0 Å². The Balaban J connectivity index is 1.97. The molecule has 6 nitrogen and oxygen atoms in total. The van der Waals surface area contributed by atoms with Gasteiger partial charge in [0.15, 0.2) is 0 Å². The molecule has 1 heterocycles. The van der Waals surface area contributed by atoms with E-state index in [1.807, 2.05) is 32.0 Å². The monoisotopic (exact) mass is 443 g/mol. The number of hydrogen-bond donors (Lipinski definition) is 1. The van der Waals surface area contributed by atoms with E-state index in [1.54, 1.807) is 55.6 Å². The van der Waals surface area contributed by atoms with Crippen LogP contribution in [0.2, 0.25) is 0 Å². The summed E-state index contributed by atoms with van der Waals surface area (Å²) in [5.74, 6) is -0.495. The molecular formula is C27H25NO5. The number of anilines is 1. The minimum absolute atomic E-state index is 0.0272.